The van der Waals surface area contributed by atoms with E-state index in [-0.39, 0.29) is 6.10 Å². The van der Waals surface area contributed by atoms with Crippen LogP contribution in [0.15, 0.2) is 0 Å². The van der Waals surface area contributed by atoms with E-state index in [0.717, 1.165) is 12.8 Å². The molecule has 2 heteroatoms. The summed E-state index contributed by atoms with van der Waals surface area (Å²) < 4.78 is 0. The maximum Gasteiger partial charge on any atom is 0.0924 e. The Balaban J connectivity index is 3.04. The Morgan fingerprint density at radius 2 is 1.50 bits per heavy atom. The molecule has 0 radical (unpaired) electrons. The highest BCUT2D eigenvalue weighted by Gasteiger charge is 2.04. The van der Waals surface area contributed by atoms with E-state index in [1.807, 2.05) is 6.92 Å². The second-order valence-corrected chi connectivity index (χ2v) is 4.05. The summed E-state index contributed by atoms with van der Waals surface area (Å²) in [6.45, 7) is 4.28. The van der Waals surface area contributed by atoms with Crippen LogP contribution in [-0.4, -0.2) is 11.4 Å². The standard InChI is InChI=1S/C12H26O2/c1-3-5-6-7-8-9-10-11-12(4-2)14-13/h12-13H,3-11H2,1-2H3. The normalized spacial score (nSPS) is 13.1. The van der Waals surface area contributed by atoms with E-state index in [4.69, 9.17) is 5.26 Å². The zero-order valence-corrected chi connectivity index (χ0v) is 9.80. The van der Waals surface area contributed by atoms with Gasteiger partial charge >= 0.3 is 0 Å². The van der Waals surface area contributed by atoms with Crippen LogP contribution in [0.25, 0.3) is 0 Å². The molecule has 0 bridgehead atoms. The lowest BCUT2D eigenvalue weighted by molar-refractivity contribution is -0.280. The molecule has 86 valence electrons. The number of hydrogen-bond donors (Lipinski definition) is 1. The largest absolute Gasteiger partial charge is 0.252 e. The molecule has 1 atom stereocenters. The van der Waals surface area contributed by atoms with Crippen molar-refractivity contribution in [3.05, 3.63) is 0 Å². The van der Waals surface area contributed by atoms with Gasteiger partial charge in [0.2, 0.25) is 0 Å². The van der Waals surface area contributed by atoms with Crippen LogP contribution >= 0.6 is 0 Å². The van der Waals surface area contributed by atoms with Gasteiger partial charge in [0.1, 0.15) is 0 Å². The van der Waals surface area contributed by atoms with Gasteiger partial charge in [0.25, 0.3) is 0 Å². The van der Waals surface area contributed by atoms with Crippen LogP contribution in [0.3, 0.4) is 0 Å². The first-order chi connectivity index (χ1) is 6.85. The summed E-state index contributed by atoms with van der Waals surface area (Å²) in [5.41, 5.74) is 0. The van der Waals surface area contributed by atoms with Gasteiger partial charge in [0.15, 0.2) is 0 Å². The van der Waals surface area contributed by atoms with Crippen molar-refractivity contribution in [2.75, 3.05) is 0 Å². The maximum absolute atomic E-state index is 8.50. The van der Waals surface area contributed by atoms with Gasteiger partial charge in [0.05, 0.1) is 6.10 Å². The van der Waals surface area contributed by atoms with E-state index in [1.54, 1.807) is 0 Å². The van der Waals surface area contributed by atoms with Crippen LogP contribution in [0.5, 0.6) is 0 Å². The summed E-state index contributed by atoms with van der Waals surface area (Å²) in [5, 5.41) is 8.50. The highest BCUT2D eigenvalue weighted by Crippen LogP contribution is 2.12. The fourth-order valence-electron chi connectivity index (χ4n) is 1.66. The zero-order valence-electron chi connectivity index (χ0n) is 9.80. The SMILES string of the molecule is CCCCCCCCCC(CC)OO. The van der Waals surface area contributed by atoms with Gasteiger partial charge in [-0.2, -0.15) is 0 Å². The van der Waals surface area contributed by atoms with Crippen molar-refractivity contribution < 1.29 is 10.1 Å². The molecule has 0 saturated heterocycles. The predicted molar refractivity (Wildman–Crippen MR) is 60.4 cm³/mol. The Labute approximate surface area is 88.6 Å². The first kappa shape index (κ1) is 13.9. The van der Waals surface area contributed by atoms with Gasteiger partial charge in [-0.3, -0.25) is 5.26 Å². The van der Waals surface area contributed by atoms with Crippen LogP contribution in [0, 0.1) is 0 Å². The summed E-state index contributed by atoms with van der Waals surface area (Å²) >= 11 is 0. The molecule has 0 saturated carbocycles. The molecule has 0 spiro atoms. The van der Waals surface area contributed by atoms with Crippen molar-refractivity contribution in [2.24, 2.45) is 0 Å². The average Bonchev–Trinajstić information content (AvgIpc) is 2.22. The summed E-state index contributed by atoms with van der Waals surface area (Å²) in [4.78, 5) is 4.34. The minimum atomic E-state index is 0.0608. The van der Waals surface area contributed by atoms with E-state index >= 15 is 0 Å². The Morgan fingerprint density at radius 3 is 2.00 bits per heavy atom. The number of rotatable bonds is 10. The van der Waals surface area contributed by atoms with E-state index in [1.165, 1.54) is 44.9 Å². The Bertz CT molecular complexity index is 100. The molecule has 0 aromatic carbocycles. The van der Waals surface area contributed by atoms with Crippen molar-refractivity contribution >= 4 is 0 Å². The molecule has 0 aliphatic rings. The fourth-order valence-corrected chi connectivity index (χ4v) is 1.66. The Hall–Kier alpha value is -0.0800. The first-order valence-corrected chi connectivity index (χ1v) is 6.15. The zero-order chi connectivity index (χ0) is 10.6. The average molecular weight is 202 g/mol. The molecule has 0 aliphatic carbocycles. The van der Waals surface area contributed by atoms with E-state index in [0.29, 0.717) is 0 Å². The second-order valence-electron chi connectivity index (χ2n) is 4.05. The maximum atomic E-state index is 8.50. The van der Waals surface area contributed by atoms with Gasteiger partial charge in [-0.15, -0.1) is 0 Å². The molecule has 0 aromatic heterocycles. The number of hydrogen-bond acceptors (Lipinski definition) is 2. The summed E-state index contributed by atoms with van der Waals surface area (Å²) in [6.07, 6.45) is 11.2. The van der Waals surface area contributed by atoms with Crippen molar-refractivity contribution in [1.82, 2.24) is 0 Å². The summed E-state index contributed by atoms with van der Waals surface area (Å²) in [7, 11) is 0. The van der Waals surface area contributed by atoms with Crippen molar-refractivity contribution in [2.45, 2.75) is 77.7 Å². The lowest BCUT2D eigenvalue weighted by atomic mass is 10.1. The predicted octanol–water partition coefficient (Wildman–Crippen LogP) is 4.40. The molecule has 0 aliphatic heterocycles. The topological polar surface area (TPSA) is 29.5 Å². The summed E-state index contributed by atoms with van der Waals surface area (Å²) in [5.74, 6) is 0. The molecular weight excluding hydrogens is 176 g/mol. The van der Waals surface area contributed by atoms with Gasteiger partial charge in [-0.05, 0) is 12.8 Å². The molecule has 0 rings (SSSR count). The smallest absolute Gasteiger partial charge is 0.0924 e. The Kier molecular flexibility index (Phi) is 10.9. The lowest BCUT2D eigenvalue weighted by Crippen LogP contribution is -2.08. The van der Waals surface area contributed by atoms with E-state index < -0.39 is 0 Å². The van der Waals surface area contributed by atoms with Crippen LogP contribution < -0.4 is 0 Å². The van der Waals surface area contributed by atoms with Gasteiger partial charge < -0.3 is 0 Å². The minimum Gasteiger partial charge on any atom is -0.252 e. The fraction of sp³-hybridized carbons (Fsp3) is 1.00. The van der Waals surface area contributed by atoms with Crippen LogP contribution in [0.1, 0.15) is 71.6 Å². The molecule has 2 nitrogen and oxygen atoms in total. The monoisotopic (exact) mass is 202 g/mol. The highest BCUT2D eigenvalue weighted by molar-refractivity contribution is 4.54. The molecule has 0 amide bonds. The van der Waals surface area contributed by atoms with Gasteiger partial charge in [-0.1, -0.05) is 58.8 Å². The third kappa shape index (κ3) is 8.52. The summed E-state index contributed by atoms with van der Waals surface area (Å²) in [6, 6.07) is 0. The van der Waals surface area contributed by atoms with Crippen LogP contribution in [0.4, 0.5) is 0 Å². The van der Waals surface area contributed by atoms with Crippen molar-refractivity contribution in [3.8, 4) is 0 Å². The van der Waals surface area contributed by atoms with Gasteiger partial charge in [-0.25, -0.2) is 4.89 Å². The molecule has 14 heavy (non-hydrogen) atoms. The van der Waals surface area contributed by atoms with Crippen molar-refractivity contribution in [1.29, 1.82) is 0 Å². The highest BCUT2D eigenvalue weighted by atomic mass is 17.1. The van der Waals surface area contributed by atoms with E-state index in [2.05, 4.69) is 11.8 Å². The second kappa shape index (κ2) is 11.0. The molecule has 1 unspecified atom stereocenters. The lowest BCUT2D eigenvalue weighted by Gasteiger charge is -2.09. The minimum absolute atomic E-state index is 0.0608. The molecular formula is C12H26O2. The molecule has 0 aromatic rings. The van der Waals surface area contributed by atoms with Crippen LogP contribution in [-0.2, 0) is 4.89 Å². The molecule has 0 fully saturated rings. The van der Waals surface area contributed by atoms with Crippen LogP contribution in [0.2, 0.25) is 0 Å². The molecule has 1 N–H and O–H groups in total. The third-order valence-electron chi connectivity index (χ3n) is 2.73. The van der Waals surface area contributed by atoms with Crippen molar-refractivity contribution in [3.63, 3.8) is 0 Å². The molecule has 0 heterocycles. The quantitative estimate of drug-likeness (QED) is 0.323. The number of unbranched alkanes of at least 4 members (excludes halogenated alkanes) is 6. The Morgan fingerprint density at radius 1 is 0.929 bits per heavy atom. The third-order valence-corrected chi connectivity index (χ3v) is 2.73. The van der Waals surface area contributed by atoms with Gasteiger partial charge in [0, 0.05) is 0 Å². The first-order valence-electron chi connectivity index (χ1n) is 6.15. The van der Waals surface area contributed by atoms with E-state index in [9.17, 15) is 0 Å².